The van der Waals surface area contributed by atoms with E-state index in [1.54, 1.807) is 17.4 Å². The summed E-state index contributed by atoms with van der Waals surface area (Å²) in [5, 5.41) is 12.0. The number of phenols is 1. The molecular formula is C12H8OS2. The third kappa shape index (κ3) is 1.24. The van der Waals surface area contributed by atoms with Gasteiger partial charge in [0.15, 0.2) is 0 Å². The lowest BCUT2D eigenvalue weighted by Crippen LogP contribution is -1.67. The topological polar surface area (TPSA) is 20.2 Å². The molecule has 0 saturated heterocycles. The summed E-state index contributed by atoms with van der Waals surface area (Å²) in [6.45, 7) is 0. The first-order chi connectivity index (χ1) is 7.27. The van der Waals surface area contributed by atoms with Gasteiger partial charge in [0.1, 0.15) is 5.75 Å². The average molecular weight is 232 g/mol. The molecule has 0 saturated carbocycles. The maximum atomic E-state index is 9.75. The number of benzene rings is 2. The highest BCUT2D eigenvalue weighted by molar-refractivity contribution is 7.80. The molecule has 3 aromatic rings. The first kappa shape index (κ1) is 9.07. The maximum absolute atomic E-state index is 9.75. The number of phenolic OH excluding ortho intramolecular Hbond substituents is 1. The van der Waals surface area contributed by atoms with Crippen LogP contribution in [0.2, 0.25) is 0 Å². The van der Waals surface area contributed by atoms with Crippen LogP contribution < -0.4 is 0 Å². The number of rotatable bonds is 0. The van der Waals surface area contributed by atoms with E-state index in [9.17, 15) is 5.11 Å². The summed E-state index contributed by atoms with van der Waals surface area (Å²) in [5.74, 6) is 0.349. The molecule has 0 atom stereocenters. The van der Waals surface area contributed by atoms with Gasteiger partial charge in [-0.1, -0.05) is 24.3 Å². The Morgan fingerprint density at radius 3 is 2.40 bits per heavy atom. The van der Waals surface area contributed by atoms with E-state index in [1.807, 2.05) is 24.3 Å². The van der Waals surface area contributed by atoms with Crippen molar-refractivity contribution in [3.05, 3.63) is 36.4 Å². The molecule has 1 aromatic heterocycles. The Morgan fingerprint density at radius 1 is 0.933 bits per heavy atom. The van der Waals surface area contributed by atoms with E-state index < -0.39 is 0 Å². The minimum absolute atomic E-state index is 0.349. The van der Waals surface area contributed by atoms with Crippen LogP contribution in [-0.2, 0) is 0 Å². The number of thiophene rings is 1. The summed E-state index contributed by atoms with van der Waals surface area (Å²) in [7, 11) is 0. The number of aromatic hydroxyl groups is 1. The predicted octanol–water partition coefficient (Wildman–Crippen LogP) is 4.05. The van der Waals surface area contributed by atoms with Gasteiger partial charge in [0.05, 0.1) is 4.70 Å². The highest BCUT2D eigenvalue weighted by atomic mass is 32.1. The van der Waals surface area contributed by atoms with Crippen LogP contribution in [0, 0.1) is 0 Å². The summed E-state index contributed by atoms with van der Waals surface area (Å²) >= 11 is 6.01. The van der Waals surface area contributed by atoms with Gasteiger partial charge in [-0.05, 0) is 12.1 Å². The quantitative estimate of drug-likeness (QED) is 0.560. The lowest BCUT2D eigenvalue weighted by Gasteiger charge is -1.93. The zero-order valence-electron chi connectivity index (χ0n) is 7.77. The van der Waals surface area contributed by atoms with Crippen LogP contribution in [0.3, 0.4) is 0 Å². The molecular weight excluding hydrogens is 224 g/mol. The Hall–Kier alpha value is -1.19. The normalized spacial score (nSPS) is 11.3. The fourth-order valence-electron chi connectivity index (χ4n) is 1.79. The largest absolute Gasteiger partial charge is 0.506 e. The van der Waals surface area contributed by atoms with Gasteiger partial charge in [0.25, 0.3) is 0 Å². The van der Waals surface area contributed by atoms with Gasteiger partial charge in [-0.25, -0.2) is 0 Å². The molecule has 74 valence electrons. The molecule has 0 aliphatic rings. The summed E-state index contributed by atoms with van der Waals surface area (Å²) in [5.41, 5.74) is 0. The Morgan fingerprint density at radius 2 is 1.60 bits per heavy atom. The SMILES string of the molecule is Oc1cccc2c1sc1c(S)cccc12. The average Bonchev–Trinajstić information content (AvgIpc) is 2.60. The van der Waals surface area contributed by atoms with E-state index in [4.69, 9.17) is 0 Å². The van der Waals surface area contributed by atoms with Crippen LogP contribution in [-0.4, -0.2) is 5.11 Å². The molecule has 0 spiro atoms. The van der Waals surface area contributed by atoms with Crippen LogP contribution in [0.15, 0.2) is 41.3 Å². The van der Waals surface area contributed by atoms with E-state index in [2.05, 4.69) is 18.7 Å². The highest BCUT2D eigenvalue weighted by Gasteiger charge is 2.08. The van der Waals surface area contributed by atoms with Crippen molar-refractivity contribution in [2.75, 3.05) is 0 Å². The third-order valence-electron chi connectivity index (χ3n) is 2.48. The zero-order chi connectivity index (χ0) is 10.4. The van der Waals surface area contributed by atoms with Gasteiger partial charge in [-0.3, -0.25) is 0 Å². The number of fused-ring (bicyclic) bond motifs is 3. The van der Waals surface area contributed by atoms with Crippen molar-refractivity contribution in [1.82, 2.24) is 0 Å². The smallest absolute Gasteiger partial charge is 0.133 e. The first-order valence-electron chi connectivity index (χ1n) is 4.59. The molecule has 3 rings (SSSR count). The summed E-state index contributed by atoms with van der Waals surface area (Å²) < 4.78 is 2.08. The Balaban J connectivity index is 2.63. The van der Waals surface area contributed by atoms with Crippen molar-refractivity contribution in [3.63, 3.8) is 0 Å². The molecule has 3 heteroatoms. The molecule has 0 unspecified atom stereocenters. The van der Waals surface area contributed by atoms with Gasteiger partial charge < -0.3 is 5.11 Å². The summed E-state index contributed by atoms with van der Waals surface area (Å²) in [6.07, 6.45) is 0. The molecule has 0 radical (unpaired) electrons. The van der Waals surface area contributed by atoms with Gasteiger partial charge in [0, 0.05) is 20.4 Å². The van der Waals surface area contributed by atoms with Gasteiger partial charge in [0.2, 0.25) is 0 Å². The molecule has 0 amide bonds. The summed E-state index contributed by atoms with van der Waals surface area (Å²) in [6, 6.07) is 11.6. The fourth-order valence-corrected chi connectivity index (χ4v) is 3.26. The standard InChI is InChI=1S/C12H8OS2/c13-9-5-1-3-7-8-4-2-6-10(14)12(8)15-11(7)9/h1-6,13-14H. The Kier molecular flexibility index (Phi) is 1.90. The molecule has 1 nitrogen and oxygen atoms in total. The van der Waals surface area contributed by atoms with Crippen LogP contribution in [0.4, 0.5) is 0 Å². The van der Waals surface area contributed by atoms with Crippen LogP contribution in [0.5, 0.6) is 5.75 Å². The summed E-state index contributed by atoms with van der Waals surface area (Å²) in [4.78, 5) is 0.966. The maximum Gasteiger partial charge on any atom is 0.133 e. The van der Waals surface area contributed by atoms with Crippen LogP contribution in [0.25, 0.3) is 20.2 Å². The lowest BCUT2D eigenvalue weighted by molar-refractivity contribution is 0.482. The molecule has 0 fully saturated rings. The van der Waals surface area contributed by atoms with E-state index in [0.717, 1.165) is 19.7 Å². The fraction of sp³-hybridized carbons (Fsp3) is 0. The minimum atomic E-state index is 0.349. The third-order valence-corrected chi connectivity index (χ3v) is 4.28. The van der Waals surface area contributed by atoms with Crippen molar-refractivity contribution in [3.8, 4) is 5.75 Å². The molecule has 1 heterocycles. The molecule has 2 aromatic carbocycles. The number of hydrogen-bond acceptors (Lipinski definition) is 3. The lowest BCUT2D eigenvalue weighted by atomic mass is 10.1. The predicted molar refractivity (Wildman–Crippen MR) is 68.2 cm³/mol. The van der Waals surface area contributed by atoms with E-state index in [0.29, 0.717) is 5.75 Å². The van der Waals surface area contributed by atoms with E-state index in [1.165, 1.54) is 5.39 Å². The second-order valence-electron chi connectivity index (χ2n) is 3.41. The first-order valence-corrected chi connectivity index (χ1v) is 5.86. The Bertz CT molecular complexity index is 599. The molecule has 15 heavy (non-hydrogen) atoms. The number of thiol groups is 1. The van der Waals surface area contributed by atoms with Crippen molar-refractivity contribution < 1.29 is 5.11 Å². The monoisotopic (exact) mass is 232 g/mol. The van der Waals surface area contributed by atoms with E-state index >= 15 is 0 Å². The second-order valence-corrected chi connectivity index (χ2v) is 4.91. The van der Waals surface area contributed by atoms with Gasteiger partial charge in [-0.2, -0.15) is 0 Å². The van der Waals surface area contributed by atoms with Crippen LogP contribution >= 0.6 is 24.0 Å². The van der Waals surface area contributed by atoms with Gasteiger partial charge >= 0.3 is 0 Å². The van der Waals surface area contributed by atoms with Crippen molar-refractivity contribution in [1.29, 1.82) is 0 Å². The van der Waals surface area contributed by atoms with E-state index in [-0.39, 0.29) is 0 Å². The molecule has 1 N–H and O–H groups in total. The zero-order valence-corrected chi connectivity index (χ0v) is 9.48. The minimum Gasteiger partial charge on any atom is -0.506 e. The van der Waals surface area contributed by atoms with Crippen molar-refractivity contribution in [2.24, 2.45) is 0 Å². The van der Waals surface area contributed by atoms with Crippen molar-refractivity contribution >= 4 is 44.1 Å². The molecule has 0 aliphatic heterocycles. The van der Waals surface area contributed by atoms with Crippen molar-refractivity contribution in [2.45, 2.75) is 4.90 Å². The highest BCUT2D eigenvalue weighted by Crippen LogP contribution is 2.40. The van der Waals surface area contributed by atoms with Gasteiger partial charge in [-0.15, -0.1) is 24.0 Å². The molecule has 0 bridgehead atoms. The van der Waals surface area contributed by atoms with Crippen LogP contribution in [0.1, 0.15) is 0 Å². The number of hydrogen-bond donors (Lipinski definition) is 2. The second kappa shape index (κ2) is 3.15. The molecule has 0 aliphatic carbocycles. The Labute approximate surface area is 96.4 Å².